The number of phosphoric acid groups is 3. The van der Waals surface area contributed by atoms with E-state index in [9.17, 15) is 63.0 Å². The summed E-state index contributed by atoms with van der Waals surface area (Å²) in [4.78, 5) is 87.6. The topological polar surface area (TPSA) is 384 Å². The number of aliphatic hydroxyl groups is 3. The smallest absolute Gasteiger partial charge is 0.389 e. The van der Waals surface area contributed by atoms with Gasteiger partial charge in [-0.15, -0.1) is 0 Å². The van der Waals surface area contributed by atoms with E-state index in [2.05, 4.69) is 34.4 Å². The van der Waals surface area contributed by atoms with Crippen molar-refractivity contribution >= 4 is 69.1 Å². The Morgan fingerprint density at radius 3 is 2.43 bits per heavy atom. The molecule has 1 saturated heterocycles. The monoisotopic (exact) mass is 907 g/mol. The number of aliphatic hydroxyl groups excluding tert-OH is 3. The molecule has 3 unspecified atom stereocenters. The largest absolute Gasteiger partial charge is 0.481 e. The van der Waals surface area contributed by atoms with Gasteiger partial charge in [0.25, 0.3) is 0 Å². The maximum absolute atomic E-state index is 12.7. The van der Waals surface area contributed by atoms with Gasteiger partial charge in [-0.25, -0.2) is 28.6 Å². The first-order valence-corrected chi connectivity index (χ1v) is 22.8. The number of thioether (sulfide) groups is 1. The molecule has 1 fully saturated rings. The number of hydrogen-bond donors (Lipinski definition) is 10. The van der Waals surface area contributed by atoms with Crippen molar-refractivity contribution < 1.29 is 85.6 Å². The number of carbonyl (C=O) groups excluding carboxylic acids is 3. The number of amides is 2. The quantitative estimate of drug-likeness (QED) is 0.0369. The van der Waals surface area contributed by atoms with Crippen molar-refractivity contribution in [1.82, 2.24) is 30.2 Å². The van der Waals surface area contributed by atoms with Gasteiger partial charge in [-0.05, 0) is 6.42 Å². The van der Waals surface area contributed by atoms with Gasteiger partial charge in [0.2, 0.25) is 11.8 Å². The van der Waals surface area contributed by atoms with Gasteiger partial charge in [0.15, 0.2) is 22.8 Å². The van der Waals surface area contributed by atoms with E-state index in [0.717, 1.165) is 41.8 Å². The van der Waals surface area contributed by atoms with Gasteiger partial charge in [-0.3, -0.25) is 32.5 Å². The average molecular weight is 908 g/mol. The molecule has 0 saturated carbocycles. The molecule has 1 aliphatic rings. The number of nitrogens with zero attached hydrogens (tertiary/aromatic N) is 4. The minimum absolute atomic E-state index is 0.0255. The minimum atomic E-state index is -5.58. The third kappa shape index (κ3) is 15.7. The number of hydrogen-bond acceptors (Lipinski definition) is 19. The van der Waals surface area contributed by atoms with Gasteiger partial charge in [-0.2, -0.15) is 4.31 Å². The number of nitrogens with two attached hydrogens (primary N) is 1. The van der Waals surface area contributed by atoms with Crippen LogP contribution in [0, 0.1) is 5.41 Å². The molecule has 0 spiro atoms. The van der Waals surface area contributed by atoms with E-state index in [1.807, 2.05) is 6.92 Å². The Bertz CT molecular complexity index is 1900. The van der Waals surface area contributed by atoms with E-state index in [4.69, 9.17) is 19.5 Å². The molecule has 1 aliphatic heterocycles. The number of aromatic nitrogens is 4. The summed E-state index contributed by atoms with van der Waals surface area (Å²) in [6.45, 7) is 2.33. The highest BCUT2D eigenvalue weighted by Crippen LogP contribution is 2.61. The lowest BCUT2D eigenvalue weighted by Crippen LogP contribution is -2.46. The van der Waals surface area contributed by atoms with Crippen LogP contribution in [0.5, 0.6) is 0 Å². The third-order valence-corrected chi connectivity index (χ3v) is 12.0. The number of phosphoric ester groups is 3. The van der Waals surface area contributed by atoms with Crippen molar-refractivity contribution in [2.75, 3.05) is 37.8 Å². The second-order valence-corrected chi connectivity index (χ2v) is 18.7. The predicted octanol–water partition coefficient (Wildman–Crippen LogP) is -0.228. The molecule has 0 aliphatic carbocycles. The molecule has 29 heteroatoms. The molecule has 0 bridgehead atoms. The molecular weight excluding hydrogens is 859 g/mol. The van der Waals surface area contributed by atoms with Crippen LogP contribution in [0.3, 0.4) is 0 Å². The van der Waals surface area contributed by atoms with Crippen LogP contribution in [0.4, 0.5) is 5.82 Å². The maximum Gasteiger partial charge on any atom is 0.481 e. The van der Waals surface area contributed by atoms with E-state index in [1.54, 1.807) is 12.2 Å². The highest BCUT2D eigenvalue weighted by molar-refractivity contribution is 8.13. The number of fused-ring (bicyclic) bond motifs is 1. The Balaban J connectivity index is 1.46. The number of rotatable bonds is 24. The lowest BCUT2D eigenvalue weighted by Gasteiger charge is -2.30. The van der Waals surface area contributed by atoms with Gasteiger partial charge >= 0.3 is 23.5 Å². The van der Waals surface area contributed by atoms with Crippen molar-refractivity contribution in [2.24, 2.45) is 5.41 Å². The lowest BCUT2D eigenvalue weighted by atomic mass is 9.87. The molecule has 25 nitrogen and oxygen atoms in total. The zero-order valence-electron chi connectivity index (χ0n) is 31.4. The van der Waals surface area contributed by atoms with Crippen LogP contribution in [0.1, 0.15) is 52.7 Å². The summed E-state index contributed by atoms with van der Waals surface area (Å²) >= 11 is 0.944. The van der Waals surface area contributed by atoms with Crippen molar-refractivity contribution in [2.45, 2.75) is 83.2 Å². The summed E-state index contributed by atoms with van der Waals surface area (Å²) in [5.41, 5.74) is 4.23. The molecule has 3 heterocycles. The fourth-order valence-corrected chi connectivity index (χ4v) is 8.56. The molecule has 58 heavy (non-hydrogen) atoms. The fourth-order valence-electron chi connectivity index (χ4n) is 5.01. The van der Waals surface area contributed by atoms with Gasteiger partial charge in [0.1, 0.15) is 36.3 Å². The molecular formula is C29H48N7O18P3S. The maximum atomic E-state index is 12.7. The Morgan fingerprint density at radius 1 is 1.07 bits per heavy atom. The van der Waals surface area contributed by atoms with Crippen LogP contribution in [-0.4, -0.2) is 134 Å². The standard InChI is InChI=1S/C29H48N7O18P3S/c1-4-5-6-7-17(37)12-20(39)58-11-10-31-19(38)8-9-32-27(42)24(41)29(2,3)14-51-57(48,49)54-56(46,47)50-13-18-23(53-55(43,44)45)22(40)28(52-18)36-16-35-21-25(30)33-15-34-26(21)36/h6-7,15-18,22-24,28,37,40-41H,4-5,8-14H2,1-3H3,(H,31,38)(H,32,42)(H,46,47)(H,48,49)(H2,30,33,34)(H2,43,44,45)/b7-6+/t17?,18-,22-,23-,24+,28-/m1/s1. The van der Waals surface area contributed by atoms with Crippen molar-refractivity contribution in [3.63, 3.8) is 0 Å². The van der Waals surface area contributed by atoms with Crippen LogP contribution in [-0.2, 0) is 50.7 Å². The normalized spacial score (nSPS) is 22.0. The zero-order valence-corrected chi connectivity index (χ0v) is 34.9. The summed E-state index contributed by atoms with van der Waals surface area (Å²) in [6.07, 6.45) is -2.91. The molecule has 8 atom stereocenters. The first-order chi connectivity index (χ1) is 26.9. The van der Waals surface area contributed by atoms with E-state index in [-0.39, 0.29) is 53.8 Å². The van der Waals surface area contributed by atoms with E-state index in [1.165, 1.54) is 13.8 Å². The van der Waals surface area contributed by atoms with Crippen molar-refractivity contribution in [1.29, 1.82) is 0 Å². The number of unbranched alkanes of at least 4 members (excludes halogenated alkanes) is 1. The Kier molecular flexibility index (Phi) is 18.5. The molecule has 0 radical (unpaired) electrons. The minimum Gasteiger partial charge on any atom is -0.389 e. The van der Waals surface area contributed by atoms with Gasteiger partial charge in [0, 0.05) is 37.1 Å². The second kappa shape index (κ2) is 21.7. The Labute approximate surface area is 335 Å². The van der Waals surface area contributed by atoms with Gasteiger partial charge in [-0.1, -0.05) is 51.1 Å². The second-order valence-electron chi connectivity index (χ2n) is 13.3. The highest BCUT2D eigenvalue weighted by Gasteiger charge is 2.50. The summed E-state index contributed by atoms with van der Waals surface area (Å²) in [7, 11) is -16.4. The van der Waals surface area contributed by atoms with Crippen LogP contribution >= 0.6 is 35.2 Å². The van der Waals surface area contributed by atoms with Crippen LogP contribution in [0.25, 0.3) is 11.2 Å². The van der Waals surface area contributed by atoms with Gasteiger partial charge < -0.3 is 56.0 Å². The van der Waals surface area contributed by atoms with Crippen LogP contribution in [0.2, 0.25) is 0 Å². The lowest BCUT2D eigenvalue weighted by molar-refractivity contribution is -0.137. The molecule has 0 aromatic carbocycles. The first-order valence-electron chi connectivity index (χ1n) is 17.3. The molecule has 328 valence electrons. The molecule has 11 N–H and O–H groups in total. The molecule has 2 amide bonds. The summed E-state index contributed by atoms with van der Waals surface area (Å²) < 4.78 is 62.1. The Morgan fingerprint density at radius 2 is 1.76 bits per heavy atom. The number of anilines is 1. The summed E-state index contributed by atoms with van der Waals surface area (Å²) in [5.74, 6) is -1.27. The summed E-state index contributed by atoms with van der Waals surface area (Å²) in [6, 6.07) is 0. The Hall–Kier alpha value is -2.74. The SMILES string of the molecule is CCC/C=C/C(O)CC(=O)SCCNC(=O)CCNC(=O)[C@H](O)C(C)(C)COP(=O)(O)OP(=O)(O)OC[C@H]1O[C@@H](n2cnc3c(N)ncnc32)[C@H](O)[C@@H]1OP(=O)(O)O. The number of nitrogen functional groups attached to an aromatic ring is 1. The number of ether oxygens (including phenoxy) is 1. The van der Waals surface area contributed by atoms with Gasteiger partial charge in [0.05, 0.1) is 25.6 Å². The molecule has 3 rings (SSSR count). The summed E-state index contributed by atoms with van der Waals surface area (Å²) in [5, 5.41) is 35.9. The predicted molar refractivity (Wildman–Crippen MR) is 202 cm³/mol. The highest BCUT2D eigenvalue weighted by atomic mass is 32.2. The zero-order chi connectivity index (χ0) is 43.5. The van der Waals surface area contributed by atoms with Crippen molar-refractivity contribution in [3.05, 3.63) is 24.8 Å². The molecule has 2 aromatic rings. The van der Waals surface area contributed by atoms with Crippen molar-refractivity contribution in [3.8, 4) is 0 Å². The average Bonchev–Trinajstić information content (AvgIpc) is 3.68. The van der Waals surface area contributed by atoms with E-state index in [0.29, 0.717) is 0 Å². The first kappa shape index (κ1) is 49.6. The van der Waals surface area contributed by atoms with E-state index < -0.39 is 90.7 Å². The van der Waals surface area contributed by atoms with Crippen LogP contribution in [0.15, 0.2) is 24.8 Å². The van der Waals surface area contributed by atoms with E-state index >= 15 is 0 Å². The third-order valence-electron chi connectivity index (χ3n) is 7.95. The number of allylic oxidation sites excluding steroid dienone is 1. The number of imidazole rings is 1. The molecule has 2 aromatic heterocycles. The fraction of sp³-hybridized carbons (Fsp3) is 0.655. The number of nitrogens with one attached hydrogen (secondary N) is 2. The van der Waals surface area contributed by atoms with Crippen LogP contribution < -0.4 is 16.4 Å². The number of carbonyl (C=O) groups is 3.